The van der Waals surface area contributed by atoms with Crippen LogP contribution < -0.4 is 5.56 Å². The zero-order chi connectivity index (χ0) is 23.7. The molecule has 1 aliphatic heterocycles. The molecule has 0 atom stereocenters. The molecular weight excluding hydrogens is 443 g/mol. The molecular formula is C25H20F3N5O. The Balaban J connectivity index is 1.28. The van der Waals surface area contributed by atoms with Gasteiger partial charge < -0.3 is 4.98 Å². The van der Waals surface area contributed by atoms with E-state index in [0.29, 0.717) is 42.2 Å². The molecule has 0 saturated heterocycles. The van der Waals surface area contributed by atoms with Crippen LogP contribution in [0.15, 0.2) is 71.9 Å². The molecule has 0 aliphatic carbocycles. The molecule has 172 valence electrons. The summed E-state index contributed by atoms with van der Waals surface area (Å²) in [5, 5.41) is 0. The number of halogens is 3. The minimum absolute atomic E-state index is 0.141. The monoisotopic (exact) mass is 463 g/mol. The minimum Gasteiger partial charge on any atom is -0.306 e. The molecule has 4 aromatic rings. The number of aromatic amines is 1. The minimum atomic E-state index is -4.36. The van der Waals surface area contributed by atoms with E-state index in [1.807, 2.05) is 6.07 Å². The van der Waals surface area contributed by atoms with Gasteiger partial charge >= 0.3 is 6.18 Å². The van der Waals surface area contributed by atoms with Gasteiger partial charge in [0.25, 0.3) is 5.56 Å². The maximum atomic E-state index is 12.8. The fourth-order valence-corrected chi connectivity index (χ4v) is 4.04. The lowest BCUT2D eigenvalue weighted by molar-refractivity contribution is -0.137. The number of hydrogen-bond acceptors (Lipinski definition) is 5. The zero-order valence-corrected chi connectivity index (χ0v) is 18.0. The molecule has 9 heteroatoms. The van der Waals surface area contributed by atoms with Crippen molar-refractivity contribution >= 4 is 0 Å². The molecule has 3 aromatic heterocycles. The normalized spacial score (nSPS) is 14.1. The summed E-state index contributed by atoms with van der Waals surface area (Å²) in [4.78, 5) is 30.8. The Morgan fingerprint density at radius 1 is 0.971 bits per heavy atom. The van der Waals surface area contributed by atoms with E-state index >= 15 is 0 Å². The van der Waals surface area contributed by atoms with Crippen LogP contribution >= 0.6 is 0 Å². The number of nitrogens with one attached hydrogen (secondary N) is 1. The third-order valence-electron chi connectivity index (χ3n) is 5.84. The highest BCUT2D eigenvalue weighted by Gasteiger charge is 2.30. The van der Waals surface area contributed by atoms with E-state index in [9.17, 15) is 18.0 Å². The Labute approximate surface area is 193 Å². The van der Waals surface area contributed by atoms with E-state index in [2.05, 4.69) is 24.8 Å². The van der Waals surface area contributed by atoms with Crippen LogP contribution in [0.5, 0.6) is 0 Å². The first kappa shape index (κ1) is 22.0. The number of H-pyrrole nitrogens is 1. The highest BCUT2D eigenvalue weighted by atomic mass is 19.4. The Hall–Kier alpha value is -3.85. The van der Waals surface area contributed by atoms with Crippen LogP contribution in [-0.2, 0) is 25.7 Å². The molecule has 0 fully saturated rings. The summed E-state index contributed by atoms with van der Waals surface area (Å²) in [6.07, 6.45) is 1.34. The van der Waals surface area contributed by atoms with Gasteiger partial charge in [0.1, 0.15) is 5.82 Å². The molecule has 0 spiro atoms. The van der Waals surface area contributed by atoms with E-state index in [0.717, 1.165) is 35.5 Å². The average Bonchev–Trinajstić information content (AvgIpc) is 2.85. The highest BCUT2D eigenvalue weighted by molar-refractivity contribution is 5.59. The lowest BCUT2D eigenvalue weighted by Gasteiger charge is -2.27. The number of benzene rings is 1. The second kappa shape index (κ2) is 8.83. The van der Waals surface area contributed by atoms with Gasteiger partial charge in [0.05, 0.1) is 22.5 Å². The predicted molar refractivity (Wildman–Crippen MR) is 121 cm³/mol. The third-order valence-corrected chi connectivity index (χ3v) is 5.84. The van der Waals surface area contributed by atoms with E-state index in [-0.39, 0.29) is 5.56 Å². The van der Waals surface area contributed by atoms with Crippen LogP contribution in [0, 0.1) is 0 Å². The molecule has 1 N–H and O–H groups in total. The summed E-state index contributed by atoms with van der Waals surface area (Å²) < 4.78 is 38.3. The van der Waals surface area contributed by atoms with E-state index in [1.54, 1.807) is 36.8 Å². The molecule has 0 radical (unpaired) electrons. The van der Waals surface area contributed by atoms with Gasteiger partial charge in [-0.15, -0.1) is 0 Å². The lowest BCUT2D eigenvalue weighted by Crippen LogP contribution is -2.35. The van der Waals surface area contributed by atoms with Crippen molar-refractivity contribution in [1.29, 1.82) is 0 Å². The fourth-order valence-electron chi connectivity index (χ4n) is 4.04. The summed E-state index contributed by atoms with van der Waals surface area (Å²) in [6.45, 7) is 1.83. The van der Waals surface area contributed by atoms with Gasteiger partial charge in [-0.1, -0.05) is 18.2 Å². The molecule has 0 unspecified atom stereocenters. The summed E-state index contributed by atoms with van der Waals surface area (Å²) >= 11 is 0. The van der Waals surface area contributed by atoms with Gasteiger partial charge in [0, 0.05) is 55.8 Å². The fraction of sp³-hybridized carbons (Fsp3) is 0.200. The first-order valence-electron chi connectivity index (χ1n) is 10.7. The molecule has 6 nitrogen and oxygen atoms in total. The van der Waals surface area contributed by atoms with Crippen LogP contribution in [0.2, 0.25) is 0 Å². The smallest absolute Gasteiger partial charge is 0.306 e. The number of pyridine rings is 2. The van der Waals surface area contributed by atoms with Gasteiger partial charge in [-0.05, 0) is 35.9 Å². The van der Waals surface area contributed by atoms with Crippen molar-refractivity contribution in [2.24, 2.45) is 0 Å². The highest BCUT2D eigenvalue weighted by Crippen LogP contribution is 2.30. The van der Waals surface area contributed by atoms with Crippen LogP contribution in [-0.4, -0.2) is 31.4 Å². The molecule has 0 saturated carbocycles. The molecule has 5 rings (SSSR count). The van der Waals surface area contributed by atoms with Crippen molar-refractivity contribution in [3.05, 3.63) is 99.9 Å². The van der Waals surface area contributed by atoms with E-state index in [1.165, 1.54) is 12.1 Å². The second-order valence-corrected chi connectivity index (χ2v) is 8.16. The predicted octanol–water partition coefficient (Wildman–Crippen LogP) is 4.47. The van der Waals surface area contributed by atoms with Gasteiger partial charge in [-0.3, -0.25) is 19.7 Å². The molecule has 34 heavy (non-hydrogen) atoms. The second-order valence-electron chi connectivity index (χ2n) is 8.16. The van der Waals surface area contributed by atoms with Crippen molar-refractivity contribution in [2.45, 2.75) is 25.7 Å². The van der Waals surface area contributed by atoms with Crippen LogP contribution in [0.3, 0.4) is 0 Å². The lowest BCUT2D eigenvalue weighted by atomic mass is 10.1. The zero-order valence-electron chi connectivity index (χ0n) is 18.0. The Bertz CT molecular complexity index is 1350. The number of aromatic nitrogens is 4. The number of rotatable bonds is 4. The van der Waals surface area contributed by atoms with Crippen molar-refractivity contribution in [2.75, 3.05) is 6.54 Å². The molecule has 1 aliphatic rings. The van der Waals surface area contributed by atoms with E-state index < -0.39 is 11.7 Å². The van der Waals surface area contributed by atoms with Crippen molar-refractivity contribution < 1.29 is 13.2 Å². The molecule has 0 amide bonds. The van der Waals surface area contributed by atoms with Gasteiger partial charge in [-0.25, -0.2) is 4.98 Å². The van der Waals surface area contributed by atoms with Crippen LogP contribution in [0.1, 0.15) is 22.4 Å². The van der Waals surface area contributed by atoms with Gasteiger partial charge in [0.2, 0.25) is 0 Å². The Morgan fingerprint density at radius 3 is 2.41 bits per heavy atom. The standard InChI is InChI=1S/C25H20F3N5O/c26-25(27,28)19-4-2-17(3-5-19)21-6-1-16(13-30-21)14-33-12-9-22-20(15-33)24(34)32-23(31-22)18-7-10-29-11-8-18/h1-8,10-11,13H,9,12,14-15H2,(H,31,32,34). The van der Waals surface area contributed by atoms with Crippen LogP contribution in [0.4, 0.5) is 13.2 Å². The average molecular weight is 463 g/mol. The summed E-state index contributed by atoms with van der Waals surface area (Å²) in [5.74, 6) is 0.544. The molecule has 4 heterocycles. The maximum absolute atomic E-state index is 12.8. The number of alkyl halides is 3. The summed E-state index contributed by atoms with van der Waals surface area (Å²) in [7, 11) is 0. The van der Waals surface area contributed by atoms with Crippen molar-refractivity contribution in [3.8, 4) is 22.6 Å². The first-order valence-corrected chi connectivity index (χ1v) is 10.7. The Kier molecular flexibility index (Phi) is 5.70. The van der Waals surface area contributed by atoms with Gasteiger partial charge in [-0.2, -0.15) is 13.2 Å². The topological polar surface area (TPSA) is 74.8 Å². The largest absolute Gasteiger partial charge is 0.416 e. The quantitative estimate of drug-likeness (QED) is 0.483. The third kappa shape index (κ3) is 4.60. The van der Waals surface area contributed by atoms with Gasteiger partial charge in [0.15, 0.2) is 0 Å². The van der Waals surface area contributed by atoms with Crippen molar-refractivity contribution in [1.82, 2.24) is 24.8 Å². The Morgan fingerprint density at radius 2 is 1.74 bits per heavy atom. The first-order chi connectivity index (χ1) is 16.4. The van der Waals surface area contributed by atoms with Crippen LogP contribution in [0.25, 0.3) is 22.6 Å². The summed E-state index contributed by atoms with van der Waals surface area (Å²) in [5.41, 5.74) is 3.64. The SMILES string of the molecule is O=c1[nH]c(-c2ccncc2)nc2c1CN(Cc1ccc(-c3ccc(C(F)(F)F)cc3)nc1)CC2. The maximum Gasteiger partial charge on any atom is 0.416 e. The molecule has 1 aromatic carbocycles. The summed E-state index contributed by atoms with van der Waals surface area (Å²) in [6, 6.07) is 12.3. The molecule has 0 bridgehead atoms. The number of nitrogens with zero attached hydrogens (tertiary/aromatic N) is 4. The van der Waals surface area contributed by atoms with Crippen molar-refractivity contribution in [3.63, 3.8) is 0 Å². The number of hydrogen-bond donors (Lipinski definition) is 1. The van der Waals surface area contributed by atoms with E-state index in [4.69, 9.17) is 0 Å². The number of fused-ring (bicyclic) bond motifs is 1.